The van der Waals surface area contributed by atoms with Crippen molar-refractivity contribution in [2.45, 2.75) is 18.8 Å². The maximum atomic E-state index is 11.5. The monoisotopic (exact) mass is 233 g/mol. The van der Waals surface area contributed by atoms with Crippen LogP contribution in [0.25, 0.3) is 0 Å². The Morgan fingerprint density at radius 3 is 2.41 bits per heavy atom. The lowest BCUT2D eigenvalue weighted by Gasteiger charge is -2.32. The van der Waals surface area contributed by atoms with Gasteiger partial charge < -0.3 is 10.0 Å². The predicted molar refractivity (Wildman–Crippen MR) is 67.0 cm³/mol. The Morgan fingerprint density at radius 2 is 1.88 bits per heavy atom. The third-order valence-electron chi connectivity index (χ3n) is 3.66. The van der Waals surface area contributed by atoms with Gasteiger partial charge in [0.1, 0.15) is 0 Å². The number of hydrogen-bond acceptors (Lipinski definition) is 2. The standard InChI is InChI=1S/C14H19NO2/c1-15-9-7-12(8-10-15)13(14(16)17)11-5-3-2-4-6-11/h2-6,12-13H,7-10H2,1H3,(H,16,17). The average molecular weight is 233 g/mol. The molecule has 1 fully saturated rings. The molecule has 1 atom stereocenters. The molecule has 0 amide bonds. The van der Waals surface area contributed by atoms with E-state index >= 15 is 0 Å². The highest BCUT2D eigenvalue weighted by Crippen LogP contribution is 2.32. The third-order valence-corrected chi connectivity index (χ3v) is 3.66. The van der Waals surface area contributed by atoms with Crippen molar-refractivity contribution in [3.63, 3.8) is 0 Å². The molecule has 0 aliphatic carbocycles. The number of carboxylic acid groups (broad SMARTS) is 1. The lowest BCUT2D eigenvalue weighted by molar-refractivity contribution is -0.140. The molecule has 1 heterocycles. The molecular formula is C14H19NO2. The van der Waals surface area contributed by atoms with Gasteiger partial charge in [0.05, 0.1) is 5.92 Å². The lowest BCUT2D eigenvalue weighted by atomic mass is 9.80. The SMILES string of the molecule is CN1CCC(C(C(=O)O)c2ccccc2)CC1. The van der Waals surface area contributed by atoms with Gasteiger partial charge in [-0.3, -0.25) is 4.79 Å². The minimum Gasteiger partial charge on any atom is -0.481 e. The summed E-state index contributed by atoms with van der Waals surface area (Å²) in [7, 11) is 2.09. The quantitative estimate of drug-likeness (QED) is 0.870. The van der Waals surface area contributed by atoms with Crippen LogP contribution < -0.4 is 0 Å². The Hall–Kier alpha value is -1.35. The molecular weight excluding hydrogens is 214 g/mol. The van der Waals surface area contributed by atoms with E-state index in [2.05, 4.69) is 11.9 Å². The van der Waals surface area contributed by atoms with Crippen molar-refractivity contribution >= 4 is 5.97 Å². The number of nitrogens with zero attached hydrogens (tertiary/aromatic N) is 1. The van der Waals surface area contributed by atoms with Crippen molar-refractivity contribution in [1.29, 1.82) is 0 Å². The molecule has 1 aliphatic rings. The molecule has 2 rings (SSSR count). The number of hydrogen-bond donors (Lipinski definition) is 1. The van der Waals surface area contributed by atoms with Gasteiger partial charge in [0.2, 0.25) is 0 Å². The lowest BCUT2D eigenvalue weighted by Crippen LogP contribution is -2.34. The smallest absolute Gasteiger partial charge is 0.311 e. The van der Waals surface area contributed by atoms with Gasteiger partial charge in [-0.1, -0.05) is 30.3 Å². The van der Waals surface area contributed by atoms with Crippen molar-refractivity contribution in [1.82, 2.24) is 4.90 Å². The van der Waals surface area contributed by atoms with E-state index in [0.717, 1.165) is 31.5 Å². The summed E-state index contributed by atoms with van der Waals surface area (Å²) in [6, 6.07) is 9.62. The number of aliphatic carboxylic acids is 1. The Balaban J connectivity index is 2.16. The largest absolute Gasteiger partial charge is 0.481 e. The van der Waals surface area contributed by atoms with Gasteiger partial charge in [-0.25, -0.2) is 0 Å². The summed E-state index contributed by atoms with van der Waals surface area (Å²) in [5.41, 5.74) is 0.939. The van der Waals surface area contributed by atoms with E-state index in [0.29, 0.717) is 0 Å². The Morgan fingerprint density at radius 1 is 1.29 bits per heavy atom. The Labute approximate surface area is 102 Å². The molecule has 0 bridgehead atoms. The molecule has 0 spiro atoms. The first-order valence-electron chi connectivity index (χ1n) is 6.15. The zero-order valence-electron chi connectivity index (χ0n) is 10.2. The van der Waals surface area contributed by atoms with E-state index in [-0.39, 0.29) is 11.8 Å². The summed E-state index contributed by atoms with van der Waals surface area (Å²) in [6.07, 6.45) is 1.95. The van der Waals surface area contributed by atoms with E-state index in [1.165, 1.54) is 0 Å². The van der Waals surface area contributed by atoms with E-state index in [4.69, 9.17) is 0 Å². The second-order valence-corrected chi connectivity index (χ2v) is 4.87. The minimum absolute atomic E-state index is 0.270. The molecule has 3 nitrogen and oxygen atoms in total. The molecule has 1 aromatic rings. The molecule has 1 aromatic carbocycles. The first-order chi connectivity index (χ1) is 8.18. The summed E-state index contributed by atoms with van der Waals surface area (Å²) < 4.78 is 0. The van der Waals surface area contributed by atoms with Gasteiger partial charge in [0.15, 0.2) is 0 Å². The number of likely N-dealkylation sites (tertiary alicyclic amines) is 1. The van der Waals surface area contributed by atoms with Crippen LogP contribution in [0.15, 0.2) is 30.3 Å². The molecule has 0 radical (unpaired) electrons. The van der Waals surface area contributed by atoms with Crippen LogP contribution in [0, 0.1) is 5.92 Å². The number of piperidine rings is 1. The second kappa shape index (κ2) is 5.32. The first kappa shape index (κ1) is 12.1. The zero-order valence-corrected chi connectivity index (χ0v) is 10.2. The Kier molecular flexibility index (Phi) is 3.79. The molecule has 0 saturated carbocycles. The fraction of sp³-hybridized carbons (Fsp3) is 0.500. The summed E-state index contributed by atoms with van der Waals surface area (Å²) in [5.74, 6) is -0.762. The highest BCUT2D eigenvalue weighted by atomic mass is 16.4. The predicted octanol–water partition coefficient (Wildman–Crippen LogP) is 2.20. The molecule has 3 heteroatoms. The number of carboxylic acids is 1. The van der Waals surface area contributed by atoms with Crippen LogP contribution in [0.2, 0.25) is 0 Å². The van der Waals surface area contributed by atoms with Crippen LogP contribution in [0.3, 0.4) is 0 Å². The van der Waals surface area contributed by atoms with E-state index in [1.807, 2.05) is 30.3 Å². The minimum atomic E-state index is -0.689. The molecule has 1 N–H and O–H groups in total. The highest BCUT2D eigenvalue weighted by molar-refractivity contribution is 5.76. The summed E-state index contributed by atoms with van der Waals surface area (Å²) in [6.45, 7) is 2.00. The maximum absolute atomic E-state index is 11.5. The molecule has 1 aliphatic heterocycles. The van der Waals surface area contributed by atoms with Crippen molar-refractivity contribution in [2.24, 2.45) is 5.92 Å². The summed E-state index contributed by atoms with van der Waals surface area (Å²) in [4.78, 5) is 13.7. The number of benzene rings is 1. The van der Waals surface area contributed by atoms with Crippen LogP contribution in [-0.4, -0.2) is 36.1 Å². The molecule has 1 saturated heterocycles. The van der Waals surface area contributed by atoms with Crippen molar-refractivity contribution in [3.05, 3.63) is 35.9 Å². The van der Waals surface area contributed by atoms with Gasteiger partial charge in [-0.15, -0.1) is 0 Å². The van der Waals surface area contributed by atoms with Gasteiger partial charge in [-0.05, 0) is 44.5 Å². The van der Waals surface area contributed by atoms with Crippen LogP contribution in [0.1, 0.15) is 24.3 Å². The normalized spacial score (nSPS) is 20.1. The van der Waals surface area contributed by atoms with Gasteiger partial charge in [-0.2, -0.15) is 0 Å². The number of carbonyl (C=O) groups is 1. The van der Waals surface area contributed by atoms with Gasteiger partial charge in [0, 0.05) is 0 Å². The fourth-order valence-electron chi connectivity index (χ4n) is 2.64. The first-order valence-corrected chi connectivity index (χ1v) is 6.15. The van der Waals surface area contributed by atoms with Crippen molar-refractivity contribution in [3.8, 4) is 0 Å². The average Bonchev–Trinajstić information content (AvgIpc) is 2.33. The van der Waals surface area contributed by atoms with Crippen LogP contribution in [0.4, 0.5) is 0 Å². The molecule has 17 heavy (non-hydrogen) atoms. The van der Waals surface area contributed by atoms with Crippen molar-refractivity contribution < 1.29 is 9.90 Å². The molecule has 0 aromatic heterocycles. The third kappa shape index (κ3) is 2.86. The van der Waals surface area contributed by atoms with Crippen LogP contribution >= 0.6 is 0 Å². The molecule has 92 valence electrons. The van der Waals surface area contributed by atoms with Gasteiger partial charge in [0.25, 0.3) is 0 Å². The van der Waals surface area contributed by atoms with E-state index in [1.54, 1.807) is 0 Å². The molecule has 1 unspecified atom stereocenters. The summed E-state index contributed by atoms with van der Waals surface area (Å²) >= 11 is 0. The summed E-state index contributed by atoms with van der Waals surface area (Å²) in [5, 5.41) is 9.43. The second-order valence-electron chi connectivity index (χ2n) is 4.87. The van der Waals surface area contributed by atoms with Crippen molar-refractivity contribution in [2.75, 3.05) is 20.1 Å². The van der Waals surface area contributed by atoms with Crippen LogP contribution in [-0.2, 0) is 4.79 Å². The zero-order chi connectivity index (χ0) is 12.3. The fourth-order valence-corrected chi connectivity index (χ4v) is 2.64. The maximum Gasteiger partial charge on any atom is 0.311 e. The van der Waals surface area contributed by atoms with Gasteiger partial charge >= 0.3 is 5.97 Å². The topological polar surface area (TPSA) is 40.5 Å². The highest BCUT2D eigenvalue weighted by Gasteiger charge is 2.31. The van der Waals surface area contributed by atoms with E-state index < -0.39 is 5.97 Å². The van der Waals surface area contributed by atoms with E-state index in [9.17, 15) is 9.90 Å². The van der Waals surface area contributed by atoms with Crippen LogP contribution in [0.5, 0.6) is 0 Å². The number of rotatable bonds is 3. The Bertz CT molecular complexity index is 369.